The monoisotopic (exact) mass is 520 g/mol. The van der Waals surface area contributed by atoms with E-state index in [1.165, 1.54) is 0 Å². The van der Waals surface area contributed by atoms with Gasteiger partial charge in [-0.05, 0) is 50.2 Å². The van der Waals surface area contributed by atoms with Crippen LogP contribution in [0.25, 0.3) is 17.0 Å². The number of hydrogen-bond acceptors (Lipinski definition) is 7. The molecule has 0 radical (unpaired) electrons. The van der Waals surface area contributed by atoms with Crippen LogP contribution in [-0.2, 0) is 11.2 Å². The Balaban J connectivity index is 0.00000156. The van der Waals surface area contributed by atoms with Crippen molar-refractivity contribution in [2.75, 3.05) is 11.3 Å². The van der Waals surface area contributed by atoms with Gasteiger partial charge in [0.2, 0.25) is 11.2 Å². The molecule has 0 saturated heterocycles. The predicted octanol–water partition coefficient (Wildman–Crippen LogP) is 3.14. The molecule has 1 amide bonds. The maximum absolute atomic E-state index is 13.1. The van der Waals surface area contributed by atoms with Crippen LogP contribution in [0.4, 0.5) is 5.69 Å². The first-order chi connectivity index (χ1) is 17.8. The second kappa shape index (κ2) is 10.7. The molecule has 192 valence electrons. The number of amides is 1. The highest BCUT2D eigenvalue weighted by Crippen LogP contribution is 2.30. The Bertz CT molecular complexity index is 1500. The highest BCUT2D eigenvalue weighted by atomic mass is 32.2. The van der Waals surface area contributed by atoms with E-state index in [0.717, 1.165) is 5.52 Å². The standard InChI is InChI=1S/C23H22N8O3S.C2H6/c1-23(2,12-34-17-7-3-5-15-19(17)20(24)30-35(33)29-15)28-22(32)14-8-10-25-18(11-14)31-13-27-21-16(31)6-4-9-26-21;1-2/h3-11,13,29H,12H2,1-2H3,(H2,24,30)(H,28,32);1-2H3. The molecule has 3 aromatic heterocycles. The molecule has 0 aliphatic carbocycles. The number of rotatable bonds is 6. The zero-order valence-corrected chi connectivity index (χ0v) is 21.7. The number of anilines is 1. The van der Waals surface area contributed by atoms with E-state index in [-0.39, 0.29) is 18.3 Å². The first-order valence-corrected chi connectivity index (χ1v) is 12.8. The van der Waals surface area contributed by atoms with Crippen molar-refractivity contribution >= 4 is 39.8 Å². The lowest BCUT2D eigenvalue weighted by Gasteiger charge is -2.27. The van der Waals surface area contributed by atoms with Crippen LogP contribution in [0, 0.1) is 0 Å². The molecule has 5 rings (SSSR count). The van der Waals surface area contributed by atoms with Gasteiger partial charge >= 0.3 is 0 Å². The molecular weight excluding hydrogens is 492 g/mol. The number of ether oxygens (including phenoxy) is 1. The van der Waals surface area contributed by atoms with Crippen molar-refractivity contribution in [2.24, 2.45) is 10.1 Å². The number of imidazole rings is 1. The molecule has 12 heteroatoms. The number of hydrogen-bond donors (Lipinski definition) is 3. The summed E-state index contributed by atoms with van der Waals surface area (Å²) >= 11 is -1.63. The fourth-order valence-corrected chi connectivity index (χ4v) is 4.32. The third-order valence-corrected chi connectivity index (χ3v) is 6.03. The van der Waals surface area contributed by atoms with Crippen LogP contribution >= 0.6 is 0 Å². The van der Waals surface area contributed by atoms with Gasteiger partial charge in [0, 0.05) is 18.0 Å². The average Bonchev–Trinajstić information content (AvgIpc) is 3.32. The minimum atomic E-state index is -1.63. The summed E-state index contributed by atoms with van der Waals surface area (Å²) < 4.78 is 26.1. The van der Waals surface area contributed by atoms with Crippen molar-refractivity contribution < 1.29 is 13.7 Å². The largest absolute Gasteiger partial charge is 0.490 e. The third-order valence-electron chi connectivity index (χ3n) is 5.28. The summed E-state index contributed by atoms with van der Waals surface area (Å²) in [6.45, 7) is 7.85. The molecule has 0 bridgehead atoms. The summed E-state index contributed by atoms with van der Waals surface area (Å²) in [6.07, 6.45) is 4.87. The van der Waals surface area contributed by atoms with Crippen LogP contribution in [0.1, 0.15) is 43.6 Å². The van der Waals surface area contributed by atoms with Gasteiger partial charge in [-0.25, -0.2) is 19.2 Å². The zero-order valence-electron chi connectivity index (χ0n) is 20.9. The van der Waals surface area contributed by atoms with Crippen molar-refractivity contribution in [1.29, 1.82) is 0 Å². The number of carbonyl (C=O) groups excluding carboxylic acids is 1. The maximum Gasteiger partial charge on any atom is 0.252 e. The van der Waals surface area contributed by atoms with Gasteiger partial charge in [-0.1, -0.05) is 19.9 Å². The highest BCUT2D eigenvalue weighted by molar-refractivity contribution is 7.85. The van der Waals surface area contributed by atoms with E-state index in [2.05, 4.69) is 29.4 Å². The van der Waals surface area contributed by atoms with E-state index in [9.17, 15) is 9.00 Å². The van der Waals surface area contributed by atoms with Crippen molar-refractivity contribution in [3.05, 3.63) is 72.3 Å². The molecule has 0 spiro atoms. The third kappa shape index (κ3) is 5.59. The van der Waals surface area contributed by atoms with Crippen molar-refractivity contribution in [2.45, 2.75) is 33.2 Å². The molecule has 1 atom stereocenters. The summed E-state index contributed by atoms with van der Waals surface area (Å²) in [5.41, 5.74) is 8.18. The quantitative estimate of drug-likeness (QED) is 0.353. The summed E-state index contributed by atoms with van der Waals surface area (Å²) in [6, 6.07) is 12.3. The smallest absolute Gasteiger partial charge is 0.252 e. The molecule has 0 fully saturated rings. The van der Waals surface area contributed by atoms with Crippen LogP contribution < -0.4 is 20.5 Å². The number of nitrogens with two attached hydrogens (primary N) is 1. The van der Waals surface area contributed by atoms with Crippen molar-refractivity contribution in [3.8, 4) is 11.6 Å². The number of benzene rings is 1. The second-order valence-electron chi connectivity index (χ2n) is 8.50. The molecular formula is C25H28N8O3S. The summed E-state index contributed by atoms with van der Waals surface area (Å²) in [5.74, 6) is 0.874. The number of nitrogens with zero attached hydrogens (tertiary/aromatic N) is 5. The Hall–Kier alpha value is -4.32. The Labute approximate surface area is 216 Å². The Morgan fingerprint density at radius 3 is 2.76 bits per heavy atom. The van der Waals surface area contributed by atoms with E-state index < -0.39 is 16.7 Å². The van der Waals surface area contributed by atoms with Crippen LogP contribution in [0.15, 0.2) is 65.6 Å². The summed E-state index contributed by atoms with van der Waals surface area (Å²) in [5, 5.41) is 3.00. The first-order valence-electron chi connectivity index (χ1n) is 11.7. The fraction of sp³-hybridized carbons (Fsp3) is 0.240. The highest BCUT2D eigenvalue weighted by Gasteiger charge is 2.25. The SMILES string of the molecule is CC.CC(C)(COc1cccc2c1C(N)=NS(=O)N2)NC(=O)c1ccnc(-n2cnc3ncccc32)c1. The van der Waals surface area contributed by atoms with Gasteiger partial charge in [0.15, 0.2) is 5.65 Å². The van der Waals surface area contributed by atoms with Gasteiger partial charge in [-0.15, -0.1) is 0 Å². The normalized spacial score (nSPS) is 14.5. The van der Waals surface area contributed by atoms with Gasteiger partial charge in [0.1, 0.15) is 30.3 Å². The molecule has 0 saturated carbocycles. The van der Waals surface area contributed by atoms with Crippen molar-refractivity contribution in [1.82, 2.24) is 24.8 Å². The predicted molar refractivity (Wildman–Crippen MR) is 144 cm³/mol. The van der Waals surface area contributed by atoms with Crippen molar-refractivity contribution in [3.63, 3.8) is 0 Å². The topological polar surface area (TPSA) is 149 Å². The van der Waals surface area contributed by atoms with Gasteiger partial charge in [-0.2, -0.15) is 4.40 Å². The lowest BCUT2D eigenvalue weighted by Crippen LogP contribution is -2.48. The van der Waals surface area contributed by atoms with E-state index in [1.54, 1.807) is 53.6 Å². The van der Waals surface area contributed by atoms with E-state index in [0.29, 0.717) is 34.0 Å². The molecule has 4 N–H and O–H groups in total. The molecule has 1 aliphatic rings. The summed E-state index contributed by atoms with van der Waals surface area (Å²) in [4.78, 5) is 25.9. The van der Waals surface area contributed by atoms with Gasteiger partial charge in [-0.3, -0.25) is 14.1 Å². The maximum atomic E-state index is 13.1. The molecule has 1 aromatic carbocycles. The molecule has 11 nitrogen and oxygen atoms in total. The number of amidine groups is 1. The van der Waals surface area contributed by atoms with Crippen LogP contribution in [0.2, 0.25) is 0 Å². The zero-order chi connectivity index (χ0) is 26.6. The Kier molecular flexibility index (Phi) is 7.48. The molecule has 4 heterocycles. The molecule has 4 aromatic rings. The van der Waals surface area contributed by atoms with Gasteiger partial charge in [0.25, 0.3) is 5.91 Å². The molecule has 1 aliphatic heterocycles. The lowest BCUT2D eigenvalue weighted by molar-refractivity contribution is 0.0880. The Morgan fingerprint density at radius 1 is 1.14 bits per heavy atom. The number of fused-ring (bicyclic) bond motifs is 2. The lowest BCUT2D eigenvalue weighted by atomic mass is 10.1. The van der Waals surface area contributed by atoms with E-state index in [1.807, 2.05) is 39.8 Å². The minimum absolute atomic E-state index is 0.126. The van der Waals surface area contributed by atoms with E-state index in [4.69, 9.17) is 10.5 Å². The molecule has 37 heavy (non-hydrogen) atoms. The van der Waals surface area contributed by atoms with Gasteiger partial charge in [0.05, 0.1) is 22.3 Å². The number of pyridine rings is 2. The Morgan fingerprint density at radius 2 is 1.95 bits per heavy atom. The number of nitrogens with one attached hydrogen (secondary N) is 2. The average molecular weight is 521 g/mol. The number of carbonyl (C=O) groups is 1. The van der Waals surface area contributed by atoms with Crippen LogP contribution in [-0.4, -0.2) is 47.6 Å². The van der Waals surface area contributed by atoms with Crippen LogP contribution in [0.3, 0.4) is 0 Å². The van der Waals surface area contributed by atoms with E-state index >= 15 is 0 Å². The fourth-order valence-electron chi connectivity index (χ4n) is 3.65. The summed E-state index contributed by atoms with van der Waals surface area (Å²) in [7, 11) is 0. The molecule has 1 unspecified atom stereocenters. The first kappa shape index (κ1) is 25.8. The van der Waals surface area contributed by atoms with Gasteiger partial charge < -0.3 is 15.8 Å². The van der Waals surface area contributed by atoms with Crippen LogP contribution in [0.5, 0.6) is 5.75 Å². The minimum Gasteiger partial charge on any atom is -0.490 e. The second-order valence-corrected chi connectivity index (χ2v) is 9.38. The number of aromatic nitrogens is 4.